The van der Waals surface area contributed by atoms with E-state index in [0.29, 0.717) is 17.9 Å². The number of likely N-dealkylation sites (tertiary alicyclic amines) is 1. The molecule has 1 fully saturated rings. The summed E-state index contributed by atoms with van der Waals surface area (Å²) >= 11 is 0. The molecule has 1 heterocycles. The normalized spacial score (nSPS) is 14.4. The van der Waals surface area contributed by atoms with Crippen molar-refractivity contribution < 1.29 is 14.3 Å². The Labute approximate surface area is 172 Å². The first-order valence-electron chi connectivity index (χ1n) is 10.2. The Kier molecular flexibility index (Phi) is 7.11. The summed E-state index contributed by atoms with van der Waals surface area (Å²) in [5.41, 5.74) is 8.17. The zero-order valence-corrected chi connectivity index (χ0v) is 16.9. The second kappa shape index (κ2) is 9.96. The van der Waals surface area contributed by atoms with Gasteiger partial charge in [0.2, 0.25) is 5.91 Å². The van der Waals surface area contributed by atoms with Crippen molar-refractivity contribution in [2.24, 2.45) is 0 Å². The molecule has 6 heteroatoms. The Bertz CT molecular complexity index is 830. The predicted octanol–water partition coefficient (Wildman–Crippen LogP) is 3.08. The first kappa shape index (κ1) is 20.7. The van der Waals surface area contributed by atoms with Crippen LogP contribution in [0.3, 0.4) is 0 Å². The van der Waals surface area contributed by atoms with Gasteiger partial charge in [-0.3, -0.25) is 9.59 Å². The van der Waals surface area contributed by atoms with E-state index in [1.165, 1.54) is 0 Å². The Morgan fingerprint density at radius 1 is 1.10 bits per heavy atom. The van der Waals surface area contributed by atoms with Crippen molar-refractivity contribution in [2.45, 2.75) is 38.6 Å². The van der Waals surface area contributed by atoms with Gasteiger partial charge in [0.15, 0.2) is 6.61 Å². The van der Waals surface area contributed by atoms with Gasteiger partial charge in [-0.2, -0.15) is 0 Å². The van der Waals surface area contributed by atoms with Crippen LogP contribution in [0.25, 0.3) is 0 Å². The fourth-order valence-electron chi connectivity index (χ4n) is 3.56. The number of nitrogen functional groups attached to an aromatic ring is 1. The van der Waals surface area contributed by atoms with Crippen molar-refractivity contribution in [3.05, 3.63) is 59.7 Å². The second-order valence-corrected chi connectivity index (χ2v) is 7.36. The zero-order chi connectivity index (χ0) is 20.6. The van der Waals surface area contributed by atoms with Gasteiger partial charge < -0.3 is 20.7 Å². The van der Waals surface area contributed by atoms with E-state index in [4.69, 9.17) is 10.5 Å². The van der Waals surface area contributed by atoms with Crippen molar-refractivity contribution in [1.29, 1.82) is 0 Å². The molecule has 3 N–H and O–H groups in total. The van der Waals surface area contributed by atoms with Gasteiger partial charge in [-0.1, -0.05) is 37.3 Å². The summed E-state index contributed by atoms with van der Waals surface area (Å²) < 4.78 is 5.85. The minimum atomic E-state index is -0.186. The number of nitrogens with one attached hydrogen (secondary N) is 1. The Balaban J connectivity index is 1.63. The Hall–Kier alpha value is -3.02. The lowest BCUT2D eigenvalue weighted by atomic mass is 10.0. The van der Waals surface area contributed by atoms with Crippen LogP contribution in [0.1, 0.15) is 43.4 Å². The fourth-order valence-corrected chi connectivity index (χ4v) is 3.56. The first-order chi connectivity index (χ1) is 14.1. The van der Waals surface area contributed by atoms with E-state index < -0.39 is 0 Å². The highest BCUT2D eigenvalue weighted by molar-refractivity contribution is 5.79. The van der Waals surface area contributed by atoms with Gasteiger partial charge in [-0.15, -0.1) is 0 Å². The van der Waals surface area contributed by atoms with Crippen molar-refractivity contribution in [1.82, 2.24) is 10.2 Å². The molecule has 154 valence electrons. The minimum absolute atomic E-state index is 0.0118. The van der Waals surface area contributed by atoms with Gasteiger partial charge in [-0.05, 0) is 43.0 Å². The van der Waals surface area contributed by atoms with E-state index in [2.05, 4.69) is 5.32 Å². The number of carbonyl (C=O) groups excluding carboxylic acids is 2. The highest BCUT2D eigenvalue weighted by Gasteiger charge is 2.21. The summed E-state index contributed by atoms with van der Waals surface area (Å²) in [5.74, 6) is 0.585. The summed E-state index contributed by atoms with van der Waals surface area (Å²) in [6.07, 6.45) is 3.11. The standard InChI is InChI=1S/C23H29N3O3/c1-2-20(25-22(27)15-17-9-11-18(24)12-10-17)19-7-3-4-8-21(19)29-16-23(28)26-13-5-6-14-26/h3-4,7-12,20H,2,5-6,13-16,24H2,1H3,(H,25,27). The predicted molar refractivity (Wildman–Crippen MR) is 113 cm³/mol. The van der Waals surface area contributed by atoms with Crippen LogP contribution < -0.4 is 15.8 Å². The second-order valence-electron chi connectivity index (χ2n) is 7.36. The van der Waals surface area contributed by atoms with Crippen molar-refractivity contribution in [2.75, 3.05) is 25.4 Å². The van der Waals surface area contributed by atoms with Crippen molar-refractivity contribution in [3.63, 3.8) is 0 Å². The van der Waals surface area contributed by atoms with Crippen LogP contribution in [0.5, 0.6) is 5.75 Å². The smallest absolute Gasteiger partial charge is 0.260 e. The average molecular weight is 396 g/mol. The molecule has 29 heavy (non-hydrogen) atoms. The zero-order valence-electron chi connectivity index (χ0n) is 16.9. The van der Waals surface area contributed by atoms with Crippen LogP contribution in [-0.4, -0.2) is 36.4 Å². The molecule has 0 radical (unpaired) electrons. The lowest BCUT2D eigenvalue weighted by Crippen LogP contribution is -2.33. The van der Waals surface area contributed by atoms with Gasteiger partial charge >= 0.3 is 0 Å². The van der Waals surface area contributed by atoms with Gasteiger partial charge in [-0.25, -0.2) is 0 Å². The van der Waals surface area contributed by atoms with E-state index >= 15 is 0 Å². The molecule has 2 aromatic carbocycles. The van der Waals surface area contributed by atoms with Gasteiger partial charge in [0.25, 0.3) is 5.91 Å². The fraction of sp³-hybridized carbons (Fsp3) is 0.391. The first-order valence-corrected chi connectivity index (χ1v) is 10.2. The monoisotopic (exact) mass is 395 g/mol. The van der Waals surface area contributed by atoms with Crippen LogP contribution in [0, 0.1) is 0 Å². The maximum Gasteiger partial charge on any atom is 0.260 e. The number of hydrogen-bond donors (Lipinski definition) is 2. The lowest BCUT2D eigenvalue weighted by Gasteiger charge is -2.22. The summed E-state index contributed by atoms with van der Waals surface area (Å²) in [6.45, 7) is 3.65. The Morgan fingerprint density at radius 2 is 1.79 bits per heavy atom. The highest BCUT2D eigenvalue weighted by Crippen LogP contribution is 2.27. The van der Waals surface area contributed by atoms with Crippen molar-refractivity contribution in [3.8, 4) is 5.75 Å². The molecule has 1 saturated heterocycles. The SMILES string of the molecule is CCC(NC(=O)Cc1ccc(N)cc1)c1ccccc1OCC(=O)N1CCCC1. The van der Waals surface area contributed by atoms with E-state index in [9.17, 15) is 9.59 Å². The van der Waals surface area contributed by atoms with Crippen LogP contribution in [-0.2, 0) is 16.0 Å². The van der Waals surface area contributed by atoms with E-state index in [-0.39, 0.29) is 30.9 Å². The molecule has 2 aromatic rings. The highest BCUT2D eigenvalue weighted by atomic mass is 16.5. The molecule has 0 bridgehead atoms. The maximum absolute atomic E-state index is 12.5. The third-order valence-corrected chi connectivity index (χ3v) is 5.19. The molecule has 3 rings (SSSR count). The number of rotatable bonds is 8. The number of amides is 2. The van der Waals surface area contributed by atoms with Crippen LogP contribution in [0.15, 0.2) is 48.5 Å². The van der Waals surface area contributed by atoms with Crippen LogP contribution in [0.4, 0.5) is 5.69 Å². The molecular formula is C23H29N3O3. The van der Waals surface area contributed by atoms with Crippen LogP contribution in [0.2, 0.25) is 0 Å². The molecular weight excluding hydrogens is 366 g/mol. The van der Waals surface area contributed by atoms with Gasteiger partial charge in [0, 0.05) is 24.3 Å². The summed E-state index contributed by atoms with van der Waals surface area (Å²) in [5, 5.41) is 3.08. The number of benzene rings is 2. The summed E-state index contributed by atoms with van der Waals surface area (Å²) in [6, 6.07) is 14.7. The Morgan fingerprint density at radius 3 is 2.48 bits per heavy atom. The third-order valence-electron chi connectivity index (χ3n) is 5.19. The van der Waals surface area contributed by atoms with E-state index in [1.807, 2.05) is 48.2 Å². The topological polar surface area (TPSA) is 84.7 Å². The molecule has 1 atom stereocenters. The van der Waals surface area contributed by atoms with E-state index in [1.54, 1.807) is 12.1 Å². The number of carbonyl (C=O) groups is 2. The summed E-state index contributed by atoms with van der Waals surface area (Å²) in [7, 11) is 0. The number of hydrogen-bond acceptors (Lipinski definition) is 4. The van der Waals surface area contributed by atoms with E-state index in [0.717, 1.165) is 37.1 Å². The number of para-hydroxylation sites is 1. The third kappa shape index (κ3) is 5.73. The molecule has 6 nitrogen and oxygen atoms in total. The van der Waals surface area contributed by atoms with Gasteiger partial charge in [0.05, 0.1) is 12.5 Å². The minimum Gasteiger partial charge on any atom is -0.483 e. The number of anilines is 1. The number of ether oxygens (including phenoxy) is 1. The molecule has 1 unspecified atom stereocenters. The largest absolute Gasteiger partial charge is 0.483 e. The molecule has 0 saturated carbocycles. The van der Waals surface area contributed by atoms with Gasteiger partial charge in [0.1, 0.15) is 5.75 Å². The molecule has 0 aromatic heterocycles. The maximum atomic E-state index is 12.5. The number of nitrogens with two attached hydrogens (primary N) is 1. The lowest BCUT2D eigenvalue weighted by molar-refractivity contribution is -0.132. The average Bonchev–Trinajstić information content (AvgIpc) is 3.27. The molecule has 2 amide bonds. The quantitative estimate of drug-likeness (QED) is 0.673. The summed E-state index contributed by atoms with van der Waals surface area (Å²) in [4.78, 5) is 26.7. The molecule has 0 aliphatic carbocycles. The molecule has 0 spiro atoms. The van der Waals surface area contributed by atoms with Crippen molar-refractivity contribution >= 4 is 17.5 Å². The number of nitrogens with zero attached hydrogens (tertiary/aromatic N) is 1. The molecule has 1 aliphatic rings. The van der Waals surface area contributed by atoms with Crippen LogP contribution >= 0.6 is 0 Å². The molecule has 1 aliphatic heterocycles.